The topological polar surface area (TPSA) is 79.5 Å². The van der Waals surface area contributed by atoms with Gasteiger partial charge in [0.25, 0.3) is 5.91 Å². The smallest absolute Gasteiger partial charge is 0.260 e. The highest BCUT2D eigenvalue weighted by atomic mass is 32.2. The molecule has 0 bridgehead atoms. The second-order valence-electron chi connectivity index (χ2n) is 6.73. The maximum Gasteiger partial charge on any atom is 0.260 e. The first-order valence-corrected chi connectivity index (χ1v) is 10.3. The molecule has 0 unspecified atom stereocenters. The van der Waals surface area contributed by atoms with Crippen LogP contribution in [0.4, 0.5) is 0 Å². The number of rotatable bonds is 4. The summed E-state index contributed by atoms with van der Waals surface area (Å²) in [5, 5.41) is 2.25. The Balaban J connectivity index is 1.45. The van der Waals surface area contributed by atoms with Crippen LogP contribution in [0.2, 0.25) is 0 Å². The summed E-state index contributed by atoms with van der Waals surface area (Å²) in [4.78, 5) is 17.1. The van der Waals surface area contributed by atoms with Crippen LogP contribution < -0.4 is 4.74 Å². The summed E-state index contributed by atoms with van der Waals surface area (Å²) in [6.07, 6.45) is 0.492. The molecule has 2 heterocycles. The fourth-order valence-electron chi connectivity index (χ4n) is 3.45. The first kappa shape index (κ1) is 16.9. The Morgan fingerprint density at radius 2 is 1.96 bits per heavy atom. The number of para-hydroxylation sites is 1. The van der Waals surface area contributed by atoms with E-state index in [1.807, 2.05) is 36.4 Å². The molecule has 1 aromatic heterocycles. The van der Waals surface area contributed by atoms with Gasteiger partial charge < -0.3 is 14.6 Å². The summed E-state index contributed by atoms with van der Waals surface area (Å²) in [6, 6.07) is 13.5. The maximum atomic E-state index is 12.3. The molecule has 4 rings (SSSR count). The van der Waals surface area contributed by atoms with Gasteiger partial charge in [0.05, 0.1) is 17.0 Å². The number of aromatic amines is 1. The normalized spacial score (nSPS) is 19.0. The zero-order chi connectivity index (χ0) is 18.3. The number of carbonyl (C=O) groups is 1. The zero-order valence-corrected chi connectivity index (χ0v) is 15.3. The number of aromatic nitrogens is 1. The van der Waals surface area contributed by atoms with E-state index in [1.54, 1.807) is 7.05 Å². The number of amides is 1. The van der Waals surface area contributed by atoms with Crippen molar-refractivity contribution in [3.8, 4) is 5.75 Å². The van der Waals surface area contributed by atoms with Gasteiger partial charge in [-0.25, -0.2) is 8.42 Å². The summed E-state index contributed by atoms with van der Waals surface area (Å²) in [5.41, 5.74) is 2.00. The van der Waals surface area contributed by atoms with E-state index in [-0.39, 0.29) is 30.1 Å². The van der Waals surface area contributed by atoms with E-state index < -0.39 is 9.84 Å². The van der Waals surface area contributed by atoms with Crippen LogP contribution in [-0.2, 0) is 14.6 Å². The zero-order valence-electron chi connectivity index (χ0n) is 14.4. The molecule has 0 saturated carbocycles. The lowest BCUT2D eigenvalue weighted by molar-refractivity contribution is -0.133. The first-order valence-electron chi connectivity index (χ1n) is 8.52. The Kier molecular flexibility index (Phi) is 4.11. The molecule has 26 heavy (non-hydrogen) atoms. The summed E-state index contributed by atoms with van der Waals surface area (Å²) >= 11 is 0. The van der Waals surface area contributed by atoms with Crippen LogP contribution in [-0.4, -0.2) is 55.4 Å². The molecule has 7 heteroatoms. The van der Waals surface area contributed by atoms with Crippen LogP contribution in [0.25, 0.3) is 21.8 Å². The Bertz CT molecular complexity index is 1090. The fraction of sp³-hybridized carbons (Fsp3) is 0.316. The average molecular weight is 372 g/mol. The minimum atomic E-state index is -3.02. The van der Waals surface area contributed by atoms with Gasteiger partial charge in [-0.2, -0.15) is 0 Å². The second kappa shape index (κ2) is 6.32. The third-order valence-corrected chi connectivity index (χ3v) is 6.74. The molecule has 3 aromatic rings. The molecule has 1 aliphatic rings. The molecule has 1 atom stereocenters. The monoisotopic (exact) mass is 372 g/mol. The van der Waals surface area contributed by atoms with E-state index >= 15 is 0 Å². The maximum absolute atomic E-state index is 12.3. The number of nitrogens with one attached hydrogen (secondary N) is 1. The molecule has 1 aliphatic heterocycles. The van der Waals surface area contributed by atoms with Crippen molar-refractivity contribution in [1.82, 2.24) is 9.88 Å². The largest absolute Gasteiger partial charge is 0.484 e. The lowest BCUT2D eigenvalue weighted by Crippen LogP contribution is -2.40. The fourth-order valence-corrected chi connectivity index (χ4v) is 5.23. The summed E-state index contributed by atoms with van der Waals surface area (Å²) < 4.78 is 28.8. The molecular formula is C19H20N2O4S. The molecule has 0 radical (unpaired) electrons. The highest BCUT2D eigenvalue weighted by molar-refractivity contribution is 7.91. The number of nitrogens with zero attached hydrogens (tertiary/aromatic N) is 1. The van der Waals surface area contributed by atoms with E-state index in [1.165, 1.54) is 4.90 Å². The molecule has 6 nitrogen and oxygen atoms in total. The van der Waals surface area contributed by atoms with Gasteiger partial charge in [-0.3, -0.25) is 4.79 Å². The van der Waals surface area contributed by atoms with Crippen LogP contribution in [0.15, 0.2) is 42.5 Å². The number of likely N-dealkylation sites (N-methyl/N-ethyl adjacent to an activating group) is 1. The van der Waals surface area contributed by atoms with Crippen LogP contribution >= 0.6 is 0 Å². The van der Waals surface area contributed by atoms with Crippen molar-refractivity contribution >= 4 is 37.6 Å². The van der Waals surface area contributed by atoms with Crippen LogP contribution in [0.5, 0.6) is 5.75 Å². The van der Waals surface area contributed by atoms with E-state index in [4.69, 9.17) is 4.74 Å². The lowest BCUT2D eigenvalue weighted by Gasteiger charge is -2.23. The Hall–Kier alpha value is -2.54. The van der Waals surface area contributed by atoms with Crippen molar-refractivity contribution in [3.63, 3.8) is 0 Å². The van der Waals surface area contributed by atoms with Crippen molar-refractivity contribution < 1.29 is 17.9 Å². The van der Waals surface area contributed by atoms with Crippen LogP contribution in [0.1, 0.15) is 6.42 Å². The van der Waals surface area contributed by atoms with Crippen molar-refractivity contribution in [1.29, 1.82) is 0 Å². The van der Waals surface area contributed by atoms with Gasteiger partial charge in [0.1, 0.15) is 5.75 Å². The number of sulfone groups is 1. The predicted octanol–water partition coefficient (Wildman–Crippen LogP) is 2.35. The van der Waals surface area contributed by atoms with Crippen molar-refractivity contribution in [3.05, 3.63) is 42.5 Å². The summed E-state index contributed by atoms with van der Waals surface area (Å²) in [6.45, 7) is -0.112. The molecule has 0 spiro atoms. The van der Waals surface area contributed by atoms with E-state index in [0.29, 0.717) is 12.2 Å². The second-order valence-corrected chi connectivity index (χ2v) is 8.96. The first-order chi connectivity index (χ1) is 12.4. The average Bonchev–Trinajstić information content (AvgIpc) is 3.18. The van der Waals surface area contributed by atoms with Gasteiger partial charge in [0.15, 0.2) is 16.4 Å². The quantitative estimate of drug-likeness (QED) is 0.762. The van der Waals surface area contributed by atoms with Crippen LogP contribution in [0.3, 0.4) is 0 Å². The molecule has 1 amide bonds. The van der Waals surface area contributed by atoms with Gasteiger partial charge in [-0.1, -0.05) is 18.2 Å². The SMILES string of the molecule is CN(C(=O)COc1ccc2c(c1)[nH]c1ccccc12)[C@@H]1CCS(=O)(=O)C1. The van der Waals surface area contributed by atoms with Gasteiger partial charge in [-0.15, -0.1) is 0 Å². The molecule has 2 aromatic carbocycles. The minimum absolute atomic E-state index is 0.0380. The predicted molar refractivity (Wildman–Crippen MR) is 101 cm³/mol. The number of ether oxygens (including phenoxy) is 1. The minimum Gasteiger partial charge on any atom is -0.484 e. The van der Waals surface area contributed by atoms with Gasteiger partial charge in [0, 0.05) is 35.4 Å². The number of hydrogen-bond acceptors (Lipinski definition) is 4. The van der Waals surface area contributed by atoms with Gasteiger partial charge in [-0.05, 0) is 24.6 Å². The van der Waals surface area contributed by atoms with E-state index in [0.717, 1.165) is 21.8 Å². The highest BCUT2D eigenvalue weighted by Gasteiger charge is 2.32. The van der Waals surface area contributed by atoms with E-state index in [9.17, 15) is 13.2 Å². The van der Waals surface area contributed by atoms with Crippen molar-refractivity contribution in [2.45, 2.75) is 12.5 Å². The van der Waals surface area contributed by atoms with Crippen LogP contribution in [0, 0.1) is 0 Å². The van der Waals surface area contributed by atoms with Crippen molar-refractivity contribution in [2.24, 2.45) is 0 Å². The third kappa shape index (κ3) is 3.14. The summed E-state index contributed by atoms with van der Waals surface area (Å²) in [5.74, 6) is 0.567. The lowest BCUT2D eigenvalue weighted by atomic mass is 10.1. The molecule has 136 valence electrons. The number of hydrogen-bond donors (Lipinski definition) is 1. The van der Waals surface area contributed by atoms with Gasteiger partial charge in [0.2, 0.25) is 0 Å². The standard InChI is InChI=1S/C19H20N2O4S/c1-21(13-8-9-26(23,24)12-13)19(22)11-25-14-6-7-16-15-4-2-3-5-17(15)20-18(16)10-14/h2-7,10,13,20H,8-9,11-12H2,1H3/t13-/m1/s1. The highest BCUT2D eigenvalue weighted by Crippen LogP contribution is 2.28. The molecule has 1 fully saturated rings. The van der Waals surface area contributed by atoms with E-state index in [2.05, 4.69) is 11.1 Å². The number of carbonyl (C=O) groups excluding carboxylic acids is 1. The molecule has 1 N–H and O–H groups in total. The number of H-pyrrole nitrogens is 1. The summed E-state index contributed by atoms with van der Waals surface area (Å²) in [7, 11) is -1.38. The third-order valence-electron chi connectivity index (χ3n) is 4.99. The molecule has 1 saturated heterocycles. The number of fused-ring (bicyclic) bond motifs is 3. The Labute approximate surface area is 151 Å². The Morgan fingerprint density at radius 1 is 1.19 bits per heavy atom. The molecular weight excluding hydrogens is 352 g/mol. The molecule has 0 aliphatic carbocycles. The van der Waals surface area contributed by atoms with Crippen molar-refractivity contribution in [2.75, 3.05) is 25.2 Å². The number of benzene rings is 2. The Morgan fingerprint density at radius 3 is 2.73 bits per heavy atom. The van der Waals surface area contributed by atoms with Gasteiger partial charge >= 0.3 is 0 Å².